The lowest BCUT2D eigenvalue weighted by atomic mass is 10.1. The first kappa shape index (κ1) is 25.0. The van der Waals surface area contributed by atoms with Crippen LogP contribution in [0.2, 0.25) is 0 Å². The molecule has 0 fully saturated rings. The van der Waals surface area contributed by atoms with Crippen molar-refractivity contribution in [2.75, 3.05) is 13.1 Å². The minimum absolute atomic E-state index is 0. The largest absolute Gasteiger partial charge is 0.435 e. The highest BCUT2D eigenvalue weighted by atomic mass is 127. The topological polar surface area (TPSA) is 65.9 Å². The zero-order valence-corrected chi connectivity index (χ0v) is 18.5. The first-order valence-electron chi connectivity index (χ1n) is 8.89. The standard InChI is InChI=1S/C20H24F3N3O2.HI/c1-3-24-20(25-11-14-4-9-17(21)13(2)10-14)26-12-18(27)15-5-7-16(8-6-15)28-19(22)23;/h4-10,18-19,27H,3,11-12H2,1-2H3,(H2,24,25,26);1H. The third-order valence-corrected chi connectivity index (χ3v) is 3.94. The molecule has 0 spiro atoms. The number of nitrogens with zero attached hydrogens (tertiary/aromatic N) is 1. The lowest BCUT2D eigenvalue weighted by Gasteiger charge is -2.16. The molecule has 3 N–H and O–H groups in total. The molecule has 0 aromatic heterocycles. The SMILES string of the molecule is CCNC(=NCc1ccc(F)c(C)c1)NCC(O)c1ccc(OC(F)F)cc1.I. The smallest absolute Gasteiger partial charge is 0.387 e. The van der Waals surface area contributed by atoms with Crippen LogP contribution >= 0.6 is 24.0 Å². The van der Waals surface area contributed by atoms with E-state index in [0.717, 1.165) is 5.56 Å². The van der Waals surface area contributed by atoms with Crippen LogP contribution in [0.4, 0.5) is 13.2 Å². The lowest BCUT2D eigenvalue weighted by Crippen LogP contribution is -2.39. The van der Waals surface area contributed by atoms with E-state index >= 15 is 0 Å². The summed E-state index contributed by atoms with van der Waals surface area (Å²) in [5.74, 6) is 0.274. The van der Waals surface area contributed by atoms with Crippen molar-refractivity contribution in [1.82, 2.24) is 10.6 Å². The molecule has 5 nitrogen and oxygen atoms in total. The number of aryl methyl sites for hydroxylation is 1. The predicted molar refractivity (Wildman–Crippen MR) is 117 cm³/mol. The fraction of sp³-hybridized carbons (Fsp3) is 0.350. The molecule has 2 aromatic carbocycles. The average Bonchev–Trinajstić information content (AvgIpc) is 2.66. The van der Waals surface area contributed by atoms with Gasteiger partial charge in [-0.15, -0.1) is 24.0 Å². The molecule has 2 aromatic rings. The van der Waals surface area contributed by atoms with Gasteiger partial charge in [-0.3, -0.25) is 0 Å². The van der Waals surface area contributed by atoms with Crippen molar-refractivity contribution in [2.45, 2.75) is 33.1 Å². The Balaban J connectivity index is 0.00000420. The van der Waals surface area contributed by atoms with Gasteiger partial charge < -0.3 is 20.5 Å². The molecule has 0 saturated carbocycles. The van der Waals surface area contributed by atoms with Gasteiger partial charge in [0, 0.05) is 13.1 Å². The highest BCUT2D eigenvalue weighted by Crippen LogP contribution is 2.19. The normalized spacial score (nSPS) is 12.3. The number of aliphatic hydroxyl groups is 1. The number of guanidine groups is 1. The summed E-state index contributed by atoms with van der Waals surface area (Å²) in [6.07, 6.45) is -0.863. The Morgan fingerprint density at radius 1 is 1.14 bits per heavy atom. The van der Waals surface area contributed by atoms with Gasteiger partial charge in [-0.05, 0) is 48.7 Å². The molecule has 1 atom stereocenters. The van der Waals surface area contributed by atoms with E-state index in [9.17, 15) is 18.3 Å². The number of aliphatic imine (C=N–C) groups is 1. The van der Waals surface area contributed by atoms with Gasteiger partial charge in [0.2, 0.25) is 0 Å². The van der Waals surface area contributed by atoms with Crippen molar-refractivity contribution < 1.29 is 23.0 Å². The monoisotopic (exact) mass is 523 g/mol. The van der Waals surface area contributed by atoms with Gasteiger partial charge in [0.15, 0.2) is 5.96 Å². The molecule has 0 aliphatic carbocycles. The molecule has 2 rings (SSSR count). The predicted octanol–water partition coefficient (Wildman–Crippen LogP) is 4.14. The first-order chi connectivity index (χ1) is 13.4. The summed E-state index contributed by atoms with van der Waals surface area (Å²) in [6.45, 7) is 1.87. The number of hydrogen-bond donors (Lipinski definition) is 3. The maximum absolute atomic E-state index is 13.3. The van der Waals surface area contributed by atoms with Gasteiger partial charge in [0.05, 0.1) is 12.6 Å². The quantitative estimate of drug-likeness (QED) is 0.277. The summed E-state index contributed by atoms with van der Waals surface area (Å²) >= 11 is 0. The van der Waals surface area contributed by atoms with Gasteiger partial charge in [0.1, 0.15) is 11.6 Å². The summed E-state index contributed by atoms with van der Waals surface area (Å²) < 4.78 is 42.0. The second kappa shape index (κ2) is 12.5. The van der Waals surface area contributed by atoms with Crippen LogP contribution < -0.4 is 15.4 Å². The minimum Gasteiger partial charge on any atom is -0.435 e. The van der Waals surface area contributed by atoms with Crippen molar-refractivity contribution in [1.29, 1.82) is 0 Å². The molecule has 0 aliphatic heterocycles. The average molecular weight is 523 g/mol. The van der Waals surface area contributed by atoms with E-state index in [1.54, 1.807) is 19.1 Å². The highest BCUT2D eigenvalue weighted by Gasteiger charge is 2.10. The van der Waals surface area contributed by atoms with E-state index in [0.29, 0.717) is 30.2 Å². The molecule has 0 amide bonds. The van der Waals surface area contributed by atoms with E-state index < -0.39 is 12.7 Å². The van der Waals surface area contributed by atoms with E-state index in [2.05, 4.69) is 20.4 Å². The Hall–Kier alpha value is -2.01. The van der Waals surface area contributed by atoms with E-state index in [4.69, 9.17) is 0 Å². The number of ether oxygens (including phenoxy) is 1. The van der Waals surface area contributed by atoms with Crippen LogP contribution in [-0.4, -0.2) is 30.8 Å². The third kappa shape index (κ3) is 8.48. The van der Waals surface area contributed by atoms with Gasteiger partial charge in [-0.1, -0.05) is 24.3 Å². The Bertz CT molecular complexity index is 789. The van der Waals surface area contributed by atoms with Crippen molar-refractivity contribution in [3.8, 4) is 5.75 Å². The number of benzene rings is 2. The van der Waals surface area contributed by atoms with Gasteiger partial charge in [0.25, 0.3) is 0 Å². The van der Waals surface area contributed by atoms with Crippen LogP contribution in [0.25, 0.3) is 0 Å². The van der Waals surface area contributed by atoms with Crippen molar-refractivity contribution in [3.63, 3.8) is 0 Å². The van der Waals surface area contributed by atoms with E-state index in [-0.39, 0.29) is 42.1 Å². The van der Waals surface area contributed by atoms with Crippen LogP contribution in [0.1, 0.15) is 29.7 Å². The molecule has 160 valence electrons. The summed E-state index contributed by atoms with van der Waals surface area (Å²) in [6, 6.07) is 10.6. The van der Waals surface area contributed by atoms with Crippen molar-refractivity contribution in [2.24, 2.45) is 4.99 Å². The second-order valence-electron chi connectivity index (χ2n) is 6.12. The minimum atomic E-state index is -2.89. The zero-order valence-electron chi connectivity index (χ0n) is 16.2. The van der Waals surface area contributed by atoms with E-state index in [1.807, 2.05) is 6.92 Å². The van der Waals surface area contributed by atoms with Gasteiger partial charge >= 0.3 is 6.61 Å². The number of rotatable bonds is 8. The van der Waals surface area contributed by atoms with Crippen LogP contribution in [-0.2, 0) is 6.54 Å². The molecule has 0 bridgehead atoms. The zero-order chi connectivity index (χ0) is 20.5. The fourth-order valence-electron chi connectivity index (χ4n) is 2.50. The molecule has 0 saturated heterocycles. The third-order valence-electron chi connectivity index (χ3n) is 3.94. The van der Waals surface area contributed by atoms with Gasteiger partial charge in [-0.2, -0.15) is 8.78 Å². The molecular formula is C20H25F3IN3O2. The van der Waals surface area contributed by atoms with Crippen LogP contribution in [0.5, 0.6) is 5.75 Å². The van der Waals surface area contributed by atoms with Gasteiger partial charge in [-0.25, -0.2) is 9.38 Å². The number of hydrogen-bond acceptors (Lipinski definition) is 3. The lowest BCUT2D eigenvalue weighted by molar-refractivity contribution is -0.0498. The molecule has 29 heavy (non-hydrogen) atoms. The molecule has 0 aliphatic rings. The highest BCUT2D eigenvalue weighted by molar-refractivity contribution is 14.0. The summed E-state index contributed by atoms with van der Waals surface area (Å²) in [7, 11) is 0. The maximum Gasteiger partial charge on any atom is 0.387 e. The summed E-state index contributed by atoms with van der Waals surface area (Å²) in [4.78, 5) is 4.42. The Morgan fingerprint density at radius 2 is 1.83 bits per heavy atom. The molecule has 0 heterocycles. The van der Waals surface area contributed by atoms with Crippen LogP contribution in [0.15, 0.2) is 47.5 Å². The maximum atomic E-state index is 13.3. The van der Waals surface area contributed by atoms with Crippen LogP contribution in [0, 0.1) is 12.7 Å². The second-order valence-corrected chi connectivity index (χ2v) is 6.12. The molecule has 9 heteroatoms. The Labute approximate surface area is 185 Å². The molecule has 0 radical (unpaired) electrons. The number of halogens is 4. The fourth-order valence-corrected chi connectivity index (χ4v) is 2.50. The molecular weight excluding hydrogens is 498 g/mol. The van der Waals surface area contributed by atoms with Crippen molar-refractivity contribution in [3.05, 3.63) is 65.0 Å². The van der Waals surface area contributed by atoms with Crippen molar-refractivity contribution >= 4 is 29.9 Å². The van der Waals surface area contributed by atoms with Crippen LogP contribution in [0.3, 0.4) is 0 Å². The Morgan fingerprint density at radius 3 is 2.41 bits per heavy atom. The molecule has 1 unspecified atom stereocenters. The number of aliphatic hydroxyl groups excluding tert-OH is 1. The number of alkyl halides is 2. The first-order valence-corrected chi connectivity index (χ1v) is 8.89. The Kier molecular flexibility index (Phi) is 10.8. The summed E-state index contributed by atoms with van der Waals surface area (Å²) in [5.41, 5.74) is 1.98. The van der Waals surface area contributed by atoms with E-state index in [1.165, 1.54) is 30.3 Å². The summed E-state index contributed by atoms with van der Waals surface area (Å²) in [5, 5.41) is 16.4. The number of nitrogens with one attached hydrogen (secondary N) is 2.